The van der Waals surface area contributed by atoms with E-state index < -0.39 is 0 Å². The first kappa shape index (κ1) is 18.0. The van der Waals surface area contributed by atoms with E-state index in [0.717, 1.165) is 30.8 Å². The van der Waals surface area contributed by atoms with E-state index in [1.165, 1.54) is 38.8 Å². The minimum atomic E-state index is -0.0996. The Kier molecular flexibility index (Phi) is 4.84. The van der Waals surface area contributed by atoms with Crippen molar-refractivity contribution in [2.45, 2.75) is 19.4 Å². The third-order valence-electron chi connectivity index (χ3n) is 5.37. The maximum Gasteiger partial charge on any atom is 0.257 e. The van der Waals surface area contributed by atoms with Crippen molar-refractivity contribution in [1.29, 1.82) is 0 Å². The minimum absolute atomic E-state index is 0.0996. The molecule has 0 aliphatic carbocycles. The van der Waals surface area contributed by atoms with Crippen molar-refractivity contribution in [2.24, 2.45) is 0 Å². The Hall–Kier alpha value is -3.02. The molecule has 144 valence electrons. The number of nitrogens with one attached hydrogen (secondary N) is 2. The van der Waals surface area contributed by atoms with E-state index >= 15 is 0 Å². The van der Waals surface area contributed by atoms with Crippen LogP contribution in [0, 0.1) is 0 Å². The Morgan fingerprint density at radius 3 is 2.93 bits per heavy atom. The molecule has 2 N–H and O–H groups in total. The van der Waals surface area contributed by atoms with Gasteiger partial charge in [0.05, 0.1) is 0 Å². The van der Waals surface area contributed by atoms with Crippen molar-refractivity contribution >= 4 is 33.1 Å². The molecule has 4 nitrogen and oxygen atoms in total. The topological polar surface area (TPSA) is 54.0 Å². The number of fused-ring (bicyclic) bond motifs is 2. The van der Waals surface area contributed by atoms with Crippen molar-refractivity contribution in [2.75, 3.05) is 11.9 Å². The predicted octanol–water partition coefficient (Wildman–Crippen LogP) is 4.79. The van der Waals surface area contributed by atoms with Gasteiger partial charge < -0.3 is 5.32 Å². The van der Waals surface area contributed by atoms with Crippen LogP contribution in [0.25, 0.3) is 10.8 Å². The van der Waals surface area contributed by atoms with E-state index in [-0.39, 0.29) is 5.91 Å². The van der Waals surface area contributed by atoms with Gasteiger partial charge in [0.15, 0.2) is 5.13 Å². The third-order valence-corrected chi connectivity index (χ3v) is 6.29. The van der Waals surface area contributed by atoms with E-state index in [2.05, 4.69) is 58.1 Å². The van der Waals surface area contributed by atoms with E-state index in [1.54, 1.807) is 0 Å². The zero-order valence-electron chi connectivity index (χ0n) is 15.9. The number of hydrogen-bond donors (Lipinski definition) is 2. The summed E-state index contributed by atoms with van der Waals surface area (Å²) >= 11 is 1.53. The summed E-state index contributed by atoms with van der Waals surface area (Å²) in [6.07, 6.45) is 3.63. The van der Waals surface area contributed by atoms with Crippen LogP contribution in [0.1, 0.15) is 31.9 Å². The maximum absolute atomic E-state index is 12.7. The average molecular weight is 400 g/mol. The van der Waals surface area contributed by atoms with Crippen LogP contribution >= 0.6 is 11.3 Å². The molecule has 1 amide bonds. The number of carbonyl (C=O) groups excluding carboxylic acids is 1. The SMILES string of the molecule is O=C(Nc1ncc(Cc2cccc3ccccc23)s1)c1ccc2c(c1)CCNC2. The molecule has 29 heavy (non-hydrogen) atoms. The second-order valence-corrected chi connectivity index (χ2v) is 8.43. The molecule has 1 aliphatic heterocycles. The van der Waals surface area contributed by atoms with Crippen molar-refractivity contribution in [3.05, 3.63) is 94.0 Å². The summed E-state index contributed by atoms with van der Waals surface area (Å²) < 4.78 is 0. The molecule has 5 rings (SSSR count). The number of anilines is 1. The fraction of sp³-hybridized carbons (Fsp3) is 0.167. The Balaban J connectivity index is 1.32. The van der Waals surface area contributed by atoms with Gasteiger partial charge in [0.25, 0.3) is 5.91 Å². The van der Waals surface area contributed by atoms with Crippen molar-refractivity contribution < 1.29 is 4.79 Å². The van der Waals surface area contributed by atoms with Crippen molar-refractivity contribution in [3.8, 4) is 0 Å². The summed E-state index contributed by atoms with van der Waals surface area (Å²) in [5.41, 5.74) is 4.50. The van der Waals surface area contributed by atoms with Crippen LogP contribution < -0.4 is 10.6 Å². The number of amides is 1. The van der Waals surface area contributed by atoms with Gasteiger partial charge in [-0.3, -0.25) is 10.1 Å². The number of thiazole rings is 1. The van der Waals surface area contributed by atoms with E-state index in [1.807, 2.05) is 24.4 Å². The number of carbonyl (C=O) groups is 1. The van der Waals surface area contributed by atoms with Crippen LogP contribution in [-0.4, -0.2) is 17.4 Å². The van der Waals surface area contributed by atoms with Gasteiger partial charge in [-0.1, -0.05) is 48.5 Å². The van der Waals surface area contributed by atoms with E-state index in [4.69, 9.17) is 0 Å². The van der Waals surface area contributed by atoms with Gasteiger partial charge in [0, 0.05) is 29.6 Å². The largest absolute Gasteiger partial charge is 0.312 e. The highest BCUT2D eigenvalue weighted by molar-refractivity contribution is 7.15. The summed E-state index contributed by atoms with van der Waals surface area (Å²) in [6, 6.07) is 20.7. The molecule has 0 fully saturated rings. The minimum Gasteiger partial charge on any atom is -0.312 e. The monoisotopic (exact) mass is 399 g/mol. The molecular formula is C24H21N3OS. The van der Waals surface area contributed by atoms with Crippen LogP contribution in [0.3, 0.4) is 0 Å². The van der Waals surface area contributed by atoms with Gasteiger partial charge in [-0.15, -0.1) is 11.3 Å². The quantitative estimate of drug-likeness (QED) is 0.519. The molecule has 3 aromatic carbocycles. The number of benzene rings is 3. The van der Waals surface area contributed by atoms with Gasteiger partial charge in [-0.05, 0) is 52.6 Å². The Bertz CT molecular complexity index is 1190. The molecule has 1 aliphatic rings. The molecule has 0 bridgehead atoms. The summed E-state index contributed by atoms with van der Waals surface area (Å²) in [4.78, 5) is 18.2. The summed E-state index contributed by atoms with van der Waals surface area (Å²) in [7, 11) is 0. The van der Waals surface area contributed by atoms with Crippen LogP contribution in [0.5, 0.6) is 0 Å². The third kappa shape index (κ3) is 3.79. The highest BCUT2D eigenvalue weighted by atomic mass is 32.1. The lowest BCUT2D eigenvalue weighted by Gasteiger charge is -2.17. The van der Waals surface area contributed by atoms with Crippen LogP contribution in [0.4, 0.5) is 5.13 Å². The average Bonchev–Trinajstić information content (AvgIpc) is 3.20. The summed E-state index contributed by atoms with van der Waals surface area (Å²) in [5, 5.41) is 9.46. The predicted molar refractivity (Wildman–Crippen MR) is 119 cm³/mol. The molecule has 1 aromatic heterocycles. The summed E-state index contributed by atoms with van der Waals surface area (Å²) in [5.74, 6) is -0.0996. The number of rotatable bonds is 4. The van der Waals surface area contributed by atoms with Gasteiger partial charge in [-0.2, -0.15) is 0 Å². The van der Waals surface area contributed by atoms with Crippen LogP contribution in [-0.2, 0) is 19.4 Å². The Labute approximate surface area is 173 Å². The molecule has 4 aromatic rings. The second kappa shape index (κ2) is 7.78. The Morgan fingerprint density at radius 1 is 1.07 bits per heavy atom. The number of aromatic nitrogens is 1. The number of hydrogen-bond acceptors (Lipinski definition) is 4. The highest BCUT2D eigenvalue weighted by Crippen LogP contribution is 2.26. The Morgan fingerprint density at radius 2 is 1.97 bits per heavy atom. The number of nitrogens with zero attached hydrogens (tertiary/aromatic N) is 1. The van der Waals surface area contributed by atoms with Gasteiger partial charge >= 0.3 is 0 Å². The molecule has 0 radical (unpaired) electrons. The van der Waals surface area contributed by atoms with Crippen LogP contribution in [0.2, 0.25) is 0 Å². The smallest absolute Gasteiger partial charge is 0.257 e. The zero-order valence-corrected chi connectivity index (χ0v) is 16.8. The molecular weight excluding hydrogens is 378 g/mol. The standard InChI is InChI=1S/C24H21N3OS/c28-23(19-8-9-20-14-25-11-10-17(20)12-19)27-24-26-15-21(29-24)13-18-6-3-5-16-4-1-2-7-22(16)18/h1-9,12,15,25H,10-11,13-14H2,(H,26,27,28). The zero-order chi connectivity index (χ0) is 19.6. The van der Waals surface area contributed by atoms with Crippen molar-refractivity contribution in [1.82, 2.24) is 10.3 Å². The molecule has 0 saturated carbocycles. The maximum atomic E-state index is 12.7. The van der Waals surface area contributed by atoms with Gasteiger partial charge in [0.1, 0.15) is 0 Å². The molecule has 2 heterocycles. The molecule has 0 atom stereocenters. The first-order chi connectivity index (χ1) is 14.3. The molecule has 0 unspecified atom stereocenters. The fourth-order valence-corrected chi connectivity index (χ4v) is 4.70. The first-order valence-electron chi connectivity index (χ1n) is 9.81. The first-order valence-corrected chi connectivity index (χ1v) is 10.6. The lowest BCUT2D eigenvalue weighted by Crippen LogP contribution is -2.24. The second-order valence-electron chi connectivity index (χ2n) is 7.31. The molecule has 5 heteroatoms. The van der Waals surface area contributed by atoms with Gasteiger partial charge in [0.2, 0.25) is 0 Å². The molecule has 0 saturated heterocycles. The van der Waals surface area contributed by atoms with Crippen molar-refractivity contribution in [3.63, 3.8) is 0 Å². The van der Waals surface area contributed by atoms with Gasteiger partial charge in [-0.25, -0.2) is 4.98 Å². The van der Waals surface area contributed by atoms with E-state index in [9.17, 15) is 4.79 Å². The normalized spacial score (nSPS) is 13.2. The van der Waals surface area contributed by atoms with E-state index in [0.29, 0.717) is 10.7 Å². The lowest BCUT2D eigenvalue weighted by molar-refractivity contribution is 0.102. The summed E-state index contributed by atoms with van der Waals surface area (Å²) in [6.45, 7) is 1.84. The molecule has 0 spiro atoms. The lowest BCUT2D eigenvalue weighted by atomic mass is 9.98. The van der Waals surface area contributed by atoms with Crippen LogP contribution in [0.15, 0.2) is 66.9 Å². The highest BCUT2D eigenvalue weighted by Gasteiger charge is 2.14. The fourth-order valence-electron chi connectivity index (χ4n) is 3.87.